The van der Waals surface area contributed by atoms with Crippen LogP contribution in [0.3, 0.4) is 0 Å². The smallest absolute Gasteiger partial charge is 0.337 e. The van der Waals surface area contributed by atoms with Crippen LogP contribution in [0, 0.1) is 11.6 Å². The maximum atomic E-state index is 13.5. The van der Waals surface area contributed by atoms with Crippen LogP contribution in [-0.2, 0) is 4.74 Å². The van der Waals surface area contributed by atoms with E-state index in [9.17, 15) is 18.7 Å². The lowest BCUT2D eigenvalue weighted by Gasteiger charge is -2.22. The van der Waals surface area contributed by atoms with Gasteiger partial charge < -0.3 is 20.1 Å². The van der Waals surface area contributed by atoms with Crippen molar-refractivity contribution in [3.8, 4) is 11.1 Å². The molecule has 2 aromatic heterocycles. The number of carboxylic acids is 1. The molecule has 162 valence electrons. The summed E-state index contributed by atoms with van der Waals surface area (Å²) in [4.78, 5) is 25.8. The van der Waals surface area contributed by atoms with Crippen LogP contribution in [0.15, 0.2) is 42.9 Å². The van der Waals surface area contributed by atoms with Gasteiger partial charge in [0.1, 0.15) is 17.5 Å². The molecule has 0 amide bonds. The summed E-state index contributed by atoms with van der Waals surface area (Å²) in [5.74, 6) is -1.98. The Hall–Kier alpha value is -3.66. The number of hydrogen-bond acceptors (Lipinski definition) is 7. The van der Waals surface area contributed by atoms with Gasteiger partial charge in [0.05, 0.1) is 12.2 Å². The molecule has 0 spiro atoms. The normalized spacial score (nSPS) is 10.7. The van der Waals surface area contributed by atoms with Crippen molar-refractivity contribution in [3.63, 3.8) is 0 Å². The van der Waals surface area contributed by atoms with E-state index in [-0.39, 0.29) is 17.2 Å². The van der Waals surface area contributed by atoms with Gasteiger partial charge in [0, 0.05) is 61.7 Å². The van der Waals surface area contributed by atoms with E-state index in [0.717, 1.165) is 18.2 Å². The molecule has 10 heteroatoms. The average molecular weight is 429 g/mol. The first kappa shape index (κ1) is 22.0. The van der Waals surface area contributed by atoms with Gasteiger partial charge >= 0.3 is 5.97 Å². The van der Waals surface area contributed by atoms with Crippen LogP contribution in [0.25, 0.3) is 11.1 Å². The summed E-state index contributed by atoms with van der Waals surface area (Å²) < 4.78 is 32.4. The number of aromatic nitrogens is 3. The van der Waals surface area contributed by atoms with Crippen molar-refractivity contribution in [3.05, 3.63) is 60.1 Å². The molecule has 0 saturated carbocycles. The first-order chi connectivity index (χ1) is 14.9. The zero-order chi connectivity index (χ0) is 22.4. The van der Waals surface area contributed by atoms with E-state index in [0.29, 0.717) is 36.7 Å². The van der Waals surface area contributed by atoms with E-state index < -0.39 is 17.6 Å². The molecule has 1 aromatic carbocycles. The van der Waals surface area contributed by atoms with Crippen LogP contribution in [0.4, 0.5) is 26.2 Å². The highest BCUT2D eigenvalue weighted by Gasteiger charge is 2.16. The number of rotatable bonds is 9. The Morgan fingerprint density at radius 3 is 2.58 bits per heavy atom. The van der Waals surface area contributed by atoms with Crippen LogP contribution in [0.2, 0.25) is 0 Å². The van der Waals surface area contributed by atoms with Gasteiger partial charge in [-0.3, -0.25) is 4.98 Å². The van der Waals surface area contributed by atoms with E-state index >= 15 is 0 Å². The van der Waals surface area contributed by atoms with Gasteiger partial charge in [0.25, 0.3) is 0 Å². The standard InChI is InChI=1S/C21H21F2N5O3/c1-3-31-5-4-28(2)19-18(13-6-14(20(29)30)11-24-10-13)12-25-21(27-19)26-17-8-15(22)7-16(23)9-17/h6-12H,3-5H2,1-2H3,(H,29,30)(H,25,26,27). The molecule has 2 N–H and O–H groups in total. The summed E-state index contributed by atoms with van der Waals surface area (Å²) in [6, 6.07) is 4.49. The van der Waals surface area contributed by atoms with Crippen LogP contribution < -0.4 is 10.2 Å². The number of halogens is 2. The molecular weight excluding hydrogens is 408 g/mol. The van der Waals surface area contributed by atoms with Gasteiger partial charge in [-0.15, -0.1) is 0 Å². The molecule has 0 unspecified atom stereocenters. The largest absolute Gasteiger partial charge is 0.478 e. The molecule has 3 aromatic rings. The molecule has 31 heavy (non-hydrogen) atoms. The van der Waals surface area contributed by atoms with Gasteiger partial charge in [-0.25, -0.2) is 18.6 Å². The number of hydrogen-bond donors (Lipinski definition) is 2. The molecule has 8 nitrogen and oxygen atoms in total. The molecule has 0 aliphatic carbocycles. The number of benzene rings is 1. The lowest BCUT2D eigenvalue weighted by molar-refractivity contribution is 0.0696. The molecular formula is C21H21F2N5O3. The molecule has 0 fully saturated rings. The second-order valence-electron chi connectivity index (χ2n) is 6.60. The maximum Gasteiger partial charge on any atom is 0.337 e. The zero-order valence-electron chi connectivity index (χ0n) is 17.0. The summed E-state index contributed by atoms with van der Waals surface area (Å²) in [6.07, 6.45) is 4.26. The Balaban J connectivity index is 1.99. The predicted octanol–water partition coefficient (Wildman–Crippen LogP) is 3.73. The van der Waals surface area contributed by atoms with Gasteiger partial charge in [-0.2, -0.15) is 4.98 Å². The predicted molar refractivity (Wildman–Crippen MR) is 112 cm³/mol. The van der Waals surface area contributed by atoms with Gasteiger partial charge in [0.2, 0.25) is 5.95 Å². The summed E-state index contributed by atoms with van der Waals surface area (Å²) in [7, 11) is 1.80. The Kier molecular flexibility index (Phi) is 7.03. The highest BCUT2D eigenvalue weighted by molar-refractivity contribution is 5.89. The SMILES string of the molecule is CCOCCN(C)c1nc(Nc2cc(F)cc(F)c2)ncc1-c1cncc(C(=O)O)c1. The molecule has 0 aliphatic rings. The Bertz CT molecular complexity index is 1060. The number of carbonyl (C=O) groups is 1. The number of aromatic carboxylic acids is 1. The van der Waals surface area contributed by atoms with Crippen molar-refractivity contribution in [2.75, 3.05) is 37.0 Å². The van der Waals surface area contributed by atoms with Crippen molar-refractivity contribution in [1.82, 2.24) is 15.0 Å². The third-order valence-electron chi connectivity index (χ3n) is 4.32. The van der Waals surface area contributed by atoms with Crippen molar-refractivity contribution >= 4 is 23.4 Å². The second kappa shape index (κ2) is 9.90. The first-order valence-electron chi connectivity index (χ1n) is 9.45. The fraction of sp³-hybridized carbons (Fsp3) is 0.238. The molecule has 0 saturated heterocycles. The minimum absolute atomic E-state index is 0.0258. The van der Waals surface area contributed by atoms with Crippen LogP contribution >= 0.6 is 0 Å². The van der Waals surface area contributed by atoms with E-state index in [1.807, 2.05) is 11.8 Å². The second-order valence-corrected chi connectivity index (χ2v) is 6.60. The van der Waals surface area contributed by atoms with E-state index in [1.54, 1.807) is 7.05 Å². The minimum Gasteiger partial charge on any atom is -0.478 e. The fourth-order valence-corrected chi connectivity index (χ4v) is 2.84. The summed E-state index contributed by atoms with van der Waals surface area (Å²) in [6.45, 7) is 3.39. The van der Waals surface area contributed by atoms with Gasteiger partial charge in [-0.1, -0.05) is 0 Å². The lowest BCUT2D eigenvalue weighted by Crippen LogP contribution is -2.24. The van der Waals surface area contributed by atoms with E-state index in [1.165, 1.54) is 24.7 Å². The number of ether oxygens (including phenoxy) is 1. The quantitative estimate of drug-likeness (QED) is 0.497. The lowest BCUT2D eigenvalue weighted by atomic mass is 10.1. The Morgan fingerprint density at radius 1 is 1.16 bits per heavy atom. The van der Waals surface area contributed by atoms with E-state index in [2.05, 4.69) is 20.3 Å². The monoisotopic (exact) mass is 429 g/mol. The van der Waals surface area contributed by atoms with Gasteiger partial charge in [-0.05, 0) is 25.1 Å². The van der Waals surface area contributed by atoms with Crippen molar-refractivity contribution in [2.45, 2.75) is 6.92 Å². The number of likely N-dealkylation sites (N-methyl/N-ethyl adjacent to an activating group) is 1. The molecule has 0 radical (unpaired) electrons. The summed E-state index contributed by atoms with van der Waals surface area (Å²) >= 11 is 0. The van der Waals surface area contributed by atoms with Crippen LogP contribution in [0.1, 0.15) is 17.3 Å². The fourth-order valence-electron chi connectivity index (χ4n) is 2.84. The number of pyridine rings is 1. The van der Waals surface area contributed by atoms with Crippen molar-refractivity contribution in [2.24, 2.45) is 0 Å². The highest BCUT2D eigenvalue weighted by atomic mass is 19.1. The number of anilines is 3. The van der Waals surface area contributed by atoms with Crippen molar-refractivity contribution in [1.29, 1.82) is 0 Å². The molecule has 3 rings (SSSR count). The third kappa shape index (κ3) is 5.70. The zero-order valence-corrected chi connectivity index (χ0v) is 17.0. The average Bonchev–Trinajstić information content (AvgIpc) is 2.73. The third-order valence-corrected chi connectivity index (χ3v) is 4.32. The van der Waals surface area contributed by atoms with Crippen molar-refractivity contribution < 1.29 is 23.4 Å². The summed E-state index contributed by atoms with van der Waals surface area (Å²) in [5, 5.41) is 12.0. The number of carboxylic acid groups (broad SMARTS) is 1. The maximum absolute atomic E-state index is 13.5. The molecule has 0 aliphatic heterocycles. The Morgan fingerprint density at radius 2 is 1.90 bits per heavy atom. The molecule has 0 bridgehead atoms. The van der Waals surface area contributed by atoms with E-state index in [4.69, 9.17) is 4.74 Å². The topological polar surface area (TPSA) is 100 Å². The molecule has 0 atom stereocenters. The van der Waals surface area contributed by atoms with Crippen LogP contribution in [0.5, 0.6) is 0 Å². The Labute approximate surface area is 177 Å². The minimum atomic E-state index is -1.10. The molecule has 2 heterocycles. The van der Waals surface area contributed by atoms with Crippen LogP contribution in [-0.4, -0.2) is 52.8 Å². The number of nitrogens with zero attached hydrogens (tertiary/aromatic N) is 4. The summed E-state index contributed by atoms with van der Waals surface area (Å²) in [5.41, 5.74) is 1.24. The highest BCUT2D eigenvalue weighted by Crippen LogP contribution is 2.30. The first-order valence-corrected chi connectivity index (χ1v) is 9.45. The number of nitrogens with one attached hydrogen (secondary N) is 1. The van der Waals surface area contributed by atoms with Gasteiger partial charge in [0.15, 0.2) is 0 Å².